The minimum absolute atomic E-state index is 0.0500. The summed E-state index contributed by atoms with van der Waals surface area (Å²) in [5, 5.41) is 10.2. The van der Waals surface area contributed by atoms with Gasteiger partial charge in [0.1, 0.15) is 12.4 Å². The molecule has 1 aromatic carbocycles. The van der Waals surface area contributed by atoms with E-state index in [0.717, 1.165) is 5.39 Å². The summed E-state index contributed by atoms with van der Waals surface area (Å²) in [6, 6.07) is 7.15. The van der Waals surface area contributed by atoms with Crippen molar-refractivity contribution >= 4 is 16.9 Å². The number of aliphatic hydroxyl groups is 1. The quantitative estimate of drug-likeness (QED) is 0.645. The maximum Gasteiger partial charge on any atom is 0.303 e. The highest BCUT2D eigenvalue weighted by Gasteiger charge is 2.11. The van der Waals surface area contributed by atoms with Crippen LogP contribution in [0.4, 0.5) is 0 Å². The van der Waals surface area contributed by atoms with E-state index in [-0.39, 0.29) is 26.0 Å². The van der Waals surface area contributed by atoms with Crippen LogP contribution < -0.4 is 4.74 Å². The highest BCUT2D eigenvalue weighted by Crippen LogP contribution is 2.28. The van der Waals surface area contributed by atoms with Crippen LogP contribution >= 0.6 is 0 Å². The minimum atomic E-state index is -0.383. The zero-order chi connectivity index (χ0) is 15.2. The molecule has 6 heteroatoms. The molecule has 0 atom stereocenters. The summed E-state index contributed by atoms with van der Waals surface area (Å²) in [7, 11) is 1.53. The summed E-state index contributed by atoms with van der Waals surface area (Å²) >= 11 is 0. The van der Waals surface area contributed by atoms with Gasteiger partial charge in [-0.2, -0.15) is 0 Å². The number of carbonyl (C=O) groups is 1. The largest absolute Gasteiger partial charge is 0.467 e. The SMILES string of the molecule is COCOc1cc(COC(C)=O)nc2c(CO)cccc12. The van der Waals surface area contributed by atoms with Gasteiger partial charge < -0.3 is 19.3 Å². The van der Waals surface area contributed by atoms with E-state index in [9.17, 15) is 9.90 Å². The second kappa shape index (κ2) is 7.01. The molecule has 0 aliphatic carbocycles. The number of hydrogen-bond donors (Lipinski definition) is 1. The van der Waals surface area contributed by atoms with Gasteiger partial charge in [0.05, 0.1) is 17.8 Å². The van der Waals surface area contributed by atoms with Gasteiger partial charge in [0, 0.05) is 31.0 Å². The van der Waals surface area contributed by atoms with Gasteiger partial charge in [-0.1, -0.05) is 12.1 Å². The fraction of sp³-hybridized carbons (Fsp3) is 0.333. The lowest BCUT2D eigenvalue weighted by molar-refractivity contribution is -0.142. The van der Waals surface area contributed by atoms with E-state index in [1.165, 1.54) is 14.0 Å². The van der Waals surface area contributed by atoms with Crippen LogP contribution in [0.5, 0.6) is 5.75 Å². The van der Waals surface area contributed by atoms with Crippen LogP contribution in [0.1, 0.15) is 18.2 Å². The predicted molar refractivity (Wildman–Crippen MR) is 75.6 cm³/mol. The summed E-state index contributed by atoms with van der Waals surface area (Å²) in [6.45, 7) is 1.34. The van der Waals surface area contributed by atoms with Crippen LogP contribution in [-0.4, -0.2) is 30.0 Å². The molecule has 0 aliphatic rings. The average molecular weight is 291 g/mol. The van der Waals surface area contributed by atoms with E-state index < -0.39 is 0 Å². The van der Waals surface area contributed by atoms with Gasteiger partial charge in [-0.3, -0.25) is 4.79 Å². The van der Waals surface area contributed by atoms with Gasteiger partial charge in [-0.05, 0) is 6.07 Å². The van der Waals surface area contributed by atoms with Gasteiger partial charge in [0.15, 0.2) is 6.79 Å². The van der Waals surface area contributed by atoms with Crippen molar-refractivity contribution in [2.24, 2.45) is 0 Å². The molecule has 6 nitrogen and oxygen atoms in total. The molecular formula is C15H17NO5. The van der Waals surface area contributed by atoms with E-state index in [2.05, 4.69) is 4.98 Å². The third kappa shape index (κ3) is 3.68. The average Bonchev–Trinajstić information content (AvgIpc) is 2.49. The van der Waals surface area contributed by atoms with E-state index in [1.54, 1.807) is 12.1 Å². The van der Waals surface area contributed by atoms with Crippen molar-refractivity contribution in [3.63, 3.8) is 0 Å². The minimum Gasteiger partial charge on any atom is -0.467 e. The third-order valence-corrected chi connectivity index (χ3v) is 2.86. The number of carbonyl (C=O) groups excluding carboxylic acids is 1. The Labute approximate surface area is 122 Å². The van der Waals surface area contributed by atoms with Crippen molar-refractivity contribution in [1.82, 2.24) is 4.98 Å². The van der Waals surface area contributed by atoms with Gasteiger partial charge in [0.2, 0.25) is 0 Å². The first kappa shape index (κ1) is 15.2. The van der Waals surface area contributed by atoms with Crippen LogP contribution in [0.2, 0.25) is 0 Å². The Balaban J connectivity index is 2.48. The monoisotopic (exact) mass is 291 g/mol. The lowest BCUT2D eigenvalue weighted by Gasteiger charge is -2.12. The number of para-hydroxylation sites is 1. The molecule has 0 radical (unpaired) electrons. The molecule has 0 amide bonds. The number of hydrogen-bond acceptors (Lipinski definition) is 6. The van der Waals surface area contributed by atoms with E-state index in [1.807, 2.05) is 12.1 Å². The molecule has 1 N–H and O–H groups in total. The zero-order valence-corrected chi connectivity index (χ0v) is 12.0. The summed E-state index contributed by atoms with van der Waals surface area (Å²) in [5.41, 5.74) is 1.85. The molecule has 0 bridgehead atoms. The third-order valence-electron chi connectivity index (χ3n) is 2.86. The Morgan fingerprint density at radius 2 is 2.19 bits per heavy atom. The first-order valence-corrected chi connectivity index (χ1v) is 6.43. The van der Waals surface area contributed by atoms with E-state index >= 15 is 0 Å². The molecule has 0 unspecified atom stereocenters. The lowest BCUT2D eigenvalue weighted by atomic mass is 10.1. The molecule has 0 aliphatic heterocycles. The van der Waals surface area contributed by atoms with Crippen molar-refractivity contribution in [1.29, 1.82) is 0 Å². The first-order chi connectivity index (χ1) is 10.2. The Kier molecular flexibility index (Phi) is 5.08. The maximum absolute atomic E-state index is 10.9. The molecule has 2 aromatic rings. The van der Waals surface area contributed by atoms with Gasteiger partial charge in [-0.15, -0.1) is 0 Å². The summed E-state index contributed by atoms with van der Waals surface area (Å²) in [4.78, 5) is 15.3. The Bertz CT molecular complexity index is 641. The fourth-order valence-corrected chi connectivity index (χ4v) is 1.95. The molecule has 2 rings (SSSR count). The highest BCUT2D eigenvalue weighted by molar-refractivity contribution is 5.87. The number of benzene rings is 1. The normalized spacial score (nSPS) is 10.6. The Morgan fingerprint density at radius 1 is 1.38 bits per heavy atom. The number of esters is 1. The van der Waals surface area contributed by atoms with Crippen LogP contribution in [0, 0.1) is 0 Å². The number of methoxy groups -OCH3 is 1. The predicted octanol–water partition coefficient (Wildman–Crippen LogP) is 1.77. The van der Waals surface area contributed by atoms with Gasteiger partial charge in [0.25, 0.3) is 0 Å². The van der Waals surface area contributed by atoms with Crippen LogP contribution in [0.25, 0.3) is 10.9 Å². The van der Waals surface area contributed by atoms with E-state index in [0.29, 0.717) is 22.5 Å². The molecule has 0 spiro atoms. The molecule has 0 fully saturated rings. The van der Waals surface area contributed by atoms with Gasteiger partial charge in [-0.25, -0.2) is 4.98 Å². The van der Waals surface area contributed by atoms with Crippen LogP contribution in [-0.2, 0) is 27.5 Å². The van der Waals surface area contributed by atoms with Crippen molar-refractivity contribution in [2.45, 2.75) is 20.1 Å². The number of aliphatic hydroxyl groups excluding tert-OH is 1. The van der Waals surface area contributed by atoms with Crippen LogP contribution in [0.15, 0.2) is 24.3 Å². The number of ether oxygens (including phenoxy) is 3. The van der Waals surface area contributed by atoms with Gasteiger partial charge >= 0.3 is 5.97 Å². The summed E-state index contributed by atoms with van der Waals surface area (Å²) < 4.78 is 15.4. The second-order valence-corrected chi connectivity index (χ2v) is 4.41. The number of nitrogens with zero attached hydrogens (tertiary/aromatic N) is 1. The Morgan fingerprint density at radius 3 is 2.86 bits per heavy atom. The molecule has 21 heavy (non-hydrogen) atoms. The molecule has 1 aromatic heterocycles. The topological polar surface area (TPSA) is 77.9 Å². The number of pyridine rings is 1. The van der Waals surface area contributed by atoms with E-state index in [4.69, 9.17) is 14.2 Å². The smallest absolute Gasteiger partial charge is 0.303 e. The number of rotatable bonds is 6. The fourth-order valence-electron chi connectivity index (χ4n) is 1.95. The molecular weight excluding hydrogens is 274 g/mol. The Hall–Kier alpha value is -2.18. The number of aromatic nitrogens is 1. The maximum atomic E-state index is 10.9. The first-order valence-electron chi connectivity index (χ1n) is 6.43. The standard InChI is InChI=1S/C15H17NO5/c1-10(18)20-8-12-6-14(21-9-19-2)13-5-3-4-11(7-17)15(13)16-12/h3-6,17H,7-9H2,1-2H3. The van der Waals surface area contributed by atoms with Crippen molar-refractivity contribution < 1.29 is 24.1 Å². The van der Waals surface area contributed by atoms with Crippen LogP contribution in [0.3, 0.4) is 0 Å². The second-order valence-electron chi connectivity index (χ2n) is 4.41. The van der Waals surface area contributed by atoms with Crippen molar-refractivity contribution in [3.8, 4) is 5.75 Å². The van der Waals surface area contributed by atoms with Crippen molar-refractivity contribution in [3.05, 3.63) is 35.5 Å². The highest BCUT2D eigenvalue weighted by atomic mass is 16.7. The summed E-state index contributed by atoms with van der Waals surface area (Å²) in [5.74, 6) is 0.186. The number of fused-ring (bicyclic) bond motifs is 1. The zero-order valence-electron chi connectivity index (χ0n) is 12.0. The molecule has 1 heterocycles. The molecule has 112 valence electrons. The van der Waals surface area contributed by atoms with Crippen molar-refractivity contribution in [2.75, 3.05) is 13.9 Å². The lowest BCUT2D eigenvalue weighted by Crippen LogP contribution is -2.05. The summed E-state index contributed by atoms with van der Waals surface area (Å²) in [6.07, 6.45) is 0. The molecule has 0 saturated carbocycles. The molecule has 0 saturated heterocycles.